The quantitative estimate of drug-likeness (QED) is 0.837. The van der Waals surface area contributed by atoms with Crippen LogP contribution in [0.15, 0.2) is 36.4 Å². The summed E-state index contributed by atoms with van der Waals surface area (Å²) in [6, 6.07) is 11.8. The summed E-state index contributed by atoms with van der Waals surface area (Å²) in [4.78, 5) is 20.9. The van der Waals surface area contributed by atoms with Gasteiger partial charge in [-0.3, -0.25) is 9.69 Å². The molecule has 136 valence electrons. The van der Waals surface area contributed by atoms with Crippen molar-refractivity contribution in [2.24, 2.45) is 0 Å². The topological polar surface area (TPSA) is 56.7 Å². The Balaban J connectivity index is 1.36. The van der Waals surface area contributed by atoms with E-state index in [1.54, 1.807) is 17.0 Å². The number of aliphatic hydroxyl groups excluding tert-OH is 1. The molecule has 0 aliphatic carbocycles. The molecule has 4 rings (SSSR count). The lowest BCUT2D eigenvalue weighted by Crippen LogP contribution is -2.46. The molecule has 2 aliphatic rings. The Morgan fingerprint density at radius 1 is 1.08 bits per heavy atom. The summed E-state index contributed by atoms with van der Waals surface area (Å²) in [6.07, 6.45) is 1.11. The molecule has 1 unspecified atom stereocenters. The maximum atomic E-state index is 12.6. The molecule has 0 saturated carbocycles. The van der Waals surface area contributed by atoms with Crippen molar-refractivity contribution in [2.45, 2.75) is 25.5 Å². The van der Waals surface area contributed by atoms with Crippen molar-refractivity contribution in [2.75, 3.05) is 26.2 Å². The molecule has 1 amide bonds. The minimum Gasteiger partial charge on any atom is -0.390 e. The highest BCUT2D eigenvalue weighted by molar-refractivity contribution is 6.29. The van der Waals surface area contributed by atoms with Crippen LogP contribution >= 0.6 is 11.6 Å². The number of pyridine rings is 1. The van der Waals surface area contributed by atoms with Crippen molar-refractivity contribution < 1.29 is 9.90 Å². The molecule has 1 aromatic carbocycles. The number of carbonyl (C=O) groups excluding carboxylic acids is 1. The first-order valence-electron chi connectivity index (χ1n) is 9.02. The number of β-amino-alcohol motifs (C(OH)–C–C–N with tert-alkyl or cyclic N) is 1. The van der Waals surface area contributed by atoms with E-state index >= 15 is 0 Å². The lowest BCUT2D eigenvalue weighted by Gasteiger charge is -2.33. The maximum absolute atomic E-state index is 12.6. The fraction of sp³-hybridized carbons (Fsp3) is 0.400. The number of carbonyl (C=O) groups is 1. The number of rotatable bonds is 4. The van der Waals surface area contributed by atoms with E-state index in [2.05, 4.69) is 34.1 Å². The minimum atomic E-state index is -0.564. The Bertz CT molecular complexity index is 826. The lowest BCUT2D eigenvalue weighted by molar-refractivity contribution is 0.0491. The van der Waals surface area contributed by atoms with Crippen LogP contribution in [-0.4, -0.2) is 58.1 Å². The van der Waals surface area contributed by atoms with Gasteiger partial charge in [-0.25, -0.2) is 4.98 Å². The molecule has 1 N–H and O–H groups in total. The van der Waals surface area contributed by atoms with Gasteiger partial charge in [-0.2, -0.15) is 0 Å². The Hall–Kier alpha value is -1.95. The summed E-state index contributed by atoms with van der Waals surface area (Å²) >= 11 is 5.91. The molecule has 6 heteroatoms. The fourth-order valence-electron chi connectivity index (χ4n) is 3.87. The van der Waals surface area contributed by atoms with Crippen LogP contribution in [0, 0.1) is 0 Å². The third-order valence-electron chi connectivity index (χ3n) is 5.19. The van der Waals surface area contributed by atoms with Crippen LogP contribution in [0.1, 0.15) is 27.2 Å². The molecule has 2 aliphatic heterocycles. The summed E-state index contributed by atoms with van der Waals surface area (Å²) in [5.74, 6) is -0.0709. The molecule has 0 radical (unpaired) electrons. The standard InChI is InChI=1S/C20H22ClN3O2/c21-19-6-5-17-18(22-19)8-10-24(20(17)26)13-16(25)12-23-9-7-14-3-1-2-4-15(14)11-23/h1-6,16,25H,7-13H2. The minimum absolute atomic E-state index is 0.0709. The molecule has 1 atom stereocenters. The highest BCUT2D eigenvalue weighted by Crippen LogP contribution is 2.21. The number of benzene rings is 1. The van der Waals surface area contributed by atoms with E-state index in [1.165, 1.54) is 11.1 Å². The Morgan fingerprint density at radius 2 is 1.88 bits per heavy atom. The second-order valence-electron chi connectivity index (χ2n) is 7.04. The molecule has 0 spiro atoms. The molecule has 3 heterocycles. The van der Waals surface area contributed by atoms with Crippen LogP contribution in [0.2, 0.25) is 5.15 Å². The average molecular weight is 372 g/mol. The first-order chi connectivity index (χ1) is 12.6. The van der Waals surface area contributed by atoms with Crippen molar-refractivity contribution >= 4 is 17.5 Å². The van der Waals surface area contributed by atoms with Gasteiger partial charge in [-0.15, -0.1) is 0 Å². The first-order valence-corrected chi connectivity index (χ1v) is 9.40. The number of halogens is 1. The number of hydrogen-bond donors (Lipinski definition) is 1. The lowest BCUT2D eigenvalue weighted by atomic mass is 9.99. The van der Waals surface area contributed by atoms with Gasteiger partial charge in [0.1, 0.15) is 5.15 Å². The van der Waals surface area contributed by atoms with Crippen LogP contribution in [0.3, 0.4) is 0 Å². The summed E-state index contributed by atoms with van der Waals surface area (Å²) in [5.41, 5.74) is 4.07. The highest BCUT2D eigenvalue weighted by Gasteiger charge is 2.28. The molecule has 2 aromatic rings. The van der Waals surface area contributed by atoms with Gasteiger partial charge in [-0.05, 0) is 29.7 Å². The van der Waals surface area contributed by atoms with Crippen molar-refractivity contribution in [3.05, 3.63) is 63.9 Å². The second-order valence-corrected chi connectivity index (χ2v) is 7.42. The third-order valence-corrected chi connectivity index (χ3v) is 5.40. The van der Waals surface area contributed by atoms with Crippen molar-refractivity contribution in [3.63, 3.8) is 0 Å². The van der Waals surface area contributed by atoms with Crippen LogP contribution in [-0.2, 0) is 19.4 Å². The monoisotopic (exact) mass is 371 g/mol. The van der Waals surface area contributed by atoms with E-state index < -0.39 is 6.10 Å². The van der Waals surface area contributed by atoms with E-state index in [0.717, 1.165) is 25.2 Å². The van der Waals surface area contributed by atoms with Crippen LogP contribution in [0.25, 0.3) is 0 Å². The van der Waals surface area contributed by atoms with Gasteiger partial charge in [-0.1, -0.05) is 35.9 Å². The van der Waals surface area contributed by atoms with Gasteiger partial charge in [0.05, 0.1) is 17.4 Å². The van der Waals surface area contributed by atoms with Gasteiger partial charge in [0.25, 0.3) is 5.91 Å². The summed E-state index contributed by atoms with van der Waals surface area (Å²) in [5, 5.41) is 11.0. The molecule has 1 aromatic heterocycles. The van der Waals surface area contributed by atoms with E-state index in [4.69, 9.17) is 11.6 Å². The first kappa shape index (κ1) is 17.5. The average Bonchev–Trinajstić information content (AvgIpc) is 2.64. The predicted molar refractivity (Wildman–Crippen MR) is 100 cm³/mol. The third kappa shape index (κ3) is 3.61. The van der Waals surface area contributed by atoms with Gasteiger partial charge in [0.2, 0.25) is 0 Å². The molecule has 5 nitrogen and oxygen atoms in total. The molecular formula is C20H22ClN3O2. The fourth-order valence-corrected chi connectivity index (χ4v) is 4.03. The number of fused-ring (bicyclic) bond motifs is 2. The number of amides is 1. The summed E-state index contributed by atoms with van der Waals surface area (Å²) in [7, 11) is 0. The molecule has 0 bridgehead atoms. The zero-order valence-electron chi connectivity index (χ0n) is 14.6. The zero-order valence-corrected chi connectivity index (χ0v) is 15.3. The second kappa shape index (κ2) is 7.35. The maximum Gasteiger partial charge on any atom is 0.255 e. The van der Waals surface area contributed by atoms with Crippen LogP contribution < -0.4 is 0 Å². The van der Waals surface area contributed by atoms with E-state index in [1.807, 2.05) is 0 Å². The smallest absolute Gasteiger partial charge is 0.255 e. The van der Waals surface area contributed by atoms with Crippen molar-refractivity contribution in [1.29, 1.82) is 0 Å². The van der Waals surface area contributed by atoms with E-state index in [9.17, 15) is 9.90 Å². The van der Waals surface area contributed by atoms with Crippen LogP contribution in [0.5, 0.6) is 0 Å². The Labute approximate surface area is 158 Å². The Kier molecular flexibility index (Phi) is 4.94. The molecule has 26 heavy (non-hydrogen) atoms. The van der Waals surface area contributed by atoms with Crippen molar-refractivity contribution in [1.82, 2.24) is 14.8 Å². The summed E-state index contributed by atoms with van der Waals surface area (Å²) < 4.78 is 0. The number of aliphatic hydroxyl groups is 1. The van der Waals surface area contributed by atoms with Gasteiger partial charge < -0.3 is 10.0 Å². The van der Waals surface area contributed by atoms with Crippen LogP contribution in [0.4, 0.5) is 0 Å². The van der Waals surface area contributed by atoms with E-state index in [0.29, 0.717) is 36.8 Å². The van der Waals surface area contributed by atoms with E-state index in [-0.39, 0.29) is 5.91 Å². The highest BCUT2D eigenvalue weighted by atomic mass is 35.5. The van der Waals surface area contributed by atoms with Crippen molar-refractivity contribution in [3.8, 4) is 0 Å². The molecular weight excluding hydrogens is 350 g/mol. The molecule has 0 fully saturated rings. The SMILES string of the molecule is O=C1c2ccc(Cl)nc2CCN1CC(O)CN1CCc2ccccc2C1. The molecule has 0 saturated heterocycles. The predicted octanol–water partition coefficient (Wildman–Crippen LogP) is 2.15. The number of nitrogens with zero attached hydrogens (tertiary/aromatic N) is 3. The normalized spacial score (nSPS) is 18.4. The summed E-state index contributed by atoms with van der Waals surface area (Å²) in [6.45, 7) is 3.28. The largest absolute Gasteiger partial charge is 0.390 e. The van der Waals surface area contributed by atoms with Gasteiger partial charge >= 0.3 is 0 Å². The number of aromatic nitrogens is 1. The zero-order chi connectivity index (χ0) is 18.1. The van der Waals surface area contributed by atoms with Gasteiger partial charge in [0.15, 0.2) is 0 Å². The van der Waals surface area contributed by atoms with Gasteiger partial charge in [0, 0.05) is 39.1 Å². The Morgan fingerprint density at radius 3 is 2.73 bits per heavy atom. The number of hydrogen-bond acceptors (Lipinski definition) is 4.